The lowest BCUT2D eigenvalue weighted by atomic mass is 10.1. The number of aliphatic carboxylic acids is 1. The molecule has 0 aliphatic heterocycles. The van der Waals surface area contributed by atoms with Gasteiger partial charge in [0.1, 0.15) is 5.01 Å². The van der Waals surface area contributed by atoms with Crippen LogP contribution in [0.25, 0.3) is 20.8 Å². The van der Waals surface area contributed by atoms with E-state index in [1.807, 2.05) is 25.1 Å². The molecule has 32 heavy (non-hydrogen) atoms. The molecule has 0 saturated heterocycles. The van der Waals surface area contributed by atoms with Gasteiger partial charge in [-0.1, -0.05) is 18.2 Å². The highest BCUT2D eigenvalue weighted by Gasteiger charge is 2.30. The molecule has 0 radical (unpaired) electrons. The van der Waals surface area contributed by atoms with E-state index in [1.165, 1.54) is 34.8 Å². The van der Waals surface area contributed by atoms with E-state index in [2.05, 4.69) is 9.97 Å². The van der Waals surface area contributed by atoms with Crippen molar-refractivity contribution in [1.29, 1.82) is 0 Å². The Morgan fingerprint density at radius 3 is 2.53 bits per heavy atom. The number of hydrogen-bond acceptors (Lipinski definition) is 6. The van der Waals surface area contributed by atoms with Gasteiger partial charge in [0.15, 0.2) is 0 Å². The van der Waals surface area contributed by atoms with E-state index in [0.29, 0.717) is 22.7 Å². The minimum atomic E-state index is -4.36. The Hall–Kier alpha value is -2.43. The van der Waals surface area contributed by atoms with Crippen molar-refractivity contribution in [2.24, 2.45) is 0 Å². The third-order valence-electron chi connectivity index (χ3n) is 4.69. The number of thiazole rings is 2. The van der Waals surface area contributed by atoms with Crippen molar-refractivity contribution in [3.05, 3.63) is 63.6 Å². The number of aromatic nitrogens is 2. The van der Waals surface area contributed by atoms with Gasteiger partial charge in [0, 0.05) is 27.5 Å². The Kier molecular flexibility index (Phi) is 6.55. The van der Waals surface area contributed by atoms with E-state index in [-0.39, 0.29) is 6.42 Å². The summed E-state index contributed by atoms with van der Waals surface area (Å²) < 4.78 is 39.4. The van der Waals surface area contributed by atoms with Crippen LogP contribution in [0.1, 0.15) is 27.6 Å². The van der Waals surface area contributed by atoms with Crippen molar-refractivity contribution in [3.63, 3.8) is 0 Å². The first kappa shape index (κ1) is 22.8. The quantitative estimate of drug-likeness (QED) is 0.279. The Bertz CT molecular complexity index is 1260. The monoisotopic (exact) mass is 494 g/mol. The minimum Gasteiger partial charge on any atom is -0.481 e. The predicted octanol–water partition coefficient (Wildman–Crippen LogP) is 7.06. The van der Waals surface area contributed by atoms with Crippen LogP contribution in [-0.2, 0) is 23.1 Å². The van der Waals surface area contributed by atoms with Crippen LogP contribution in [0, 0.1) is 6.92 Å². The summed E-state index contributed by atoms with van der Waals surface area (Å²) in [6, 6.07) is 10.9. The standard InChI is InChI=1S/C22H17F3N2O2S3/c1-12-17(31-21(26-12)13-5-7-14(8-6-13)22(23,24)25)11-30-16-4-2-3-15-20(16)32-18(27-15)9-10-19(28)29/h2-8H,9-11H2,1H3,(H,28,29). The Morgan fingerprint density at radius 2 is 1.84 bits per heavy atom. The summed E-state index contributed by atoms with van der Waals surface area (Å²) in [5.41, 5.74) is 1.70. The zero-order valence-corrected chi connectivity index (χ0v) is 19.2. The normalized spacial score (nSPS) is 11.9. The number of nitrogens with zero attached hydrogens (tertiary/aromatic N) is 2. The molecule has 1 N–H and O–H groups in total. The number of hydrogen-bond donors (Lipinski definition) is 1. The zero-order valence-electron chi connectivity index (χ0n) is 16.8. The summed E-state index contributed by atoms with van der Waals surface area (Å²) in [4.78, 5) is 22.0. The van der Waals surface area contributed by atoms with Crippen LogP contribution in [0.15, 0.2) is 47.4 Å². The van der Waals surface area contributed by atoms with Crippen molar-refractivity contribution in [1.82, 2.24) is 9.97 Å². The first-order valence-corrected chi connectivity index (χ1v) is 12.2. The van der Waals surface area contributed by atoms with Gasteiger partial charge in [-0.15, -0.1) is 34.4 Å². The van der Waals surface area contributed by atoms with Crippen molar-refractivity contribution in [3.8, 4) is 10.6 Å². The molecule has 166 valence electrons. The molecular formula is C22H17F3N2O2S3. The number of aryl methyl sites for hydroxylation is 2. The van der Waals surface area contributed by atoms with E-state index in [9.17, 15) is 18.0 Å². The van der Waals surface area contributed by atoms with Gasteiger partial charge in [0.25, 0.3) is 0 Å². The van der Waals surface area contributed by atoms with E-state index < -0.39 is 17.7 Å². The molecule has 10 heteroatoms. The molecule has 0 spiro atoms. The van der Waals surface area contributed by atoms with Crippen LogP contribution in [0.5, 0.6) is 0 Å². The maximum absolute atomic E-state index is 12.8. The van der Waals surface area contributed by atoms with E-state index in [0.717, 1.165) is 42.8 Å². The number of thioether (sulfide) groups is 1. The molecule has 0 bridgehead atoms. The van der Waals surface area contributed by atoms with Crippen LogP contribution in [0.3, 0.4) is 0 Å². The third kappa shape index (κ3) is 5.13. The van der Waals surface area contributed by atoms with Crippen LogP contribution < -0.4 is 0 Å². The lowest BCUT2D eigenvalue weighted by Gasteiger charge is -2.06. The van der Waals surface area contributed by atoms with Crippen LogP contribution in [0.4, 0.5) is 13.2 Å². The van der Waals surface area contributed by atoms with Crippen LogP contribution >= 0.6 is 34.4 Å². The molecule has 2 aromatic carbocycles. The van der Waals surface area contributed by atoms with Gasteiger partial charge < -0.3 is 5.11 Å². The second-order valence-corrected chi connectivity index (χ2v) is 10.2. The van der Waals surface area contributed by atoms with Gasteiger partial charge in [-0.2, -0.15) is 13.2 Å². The third-order valence-corrected chi connectivity index (χ3v) is 8.45. The highest BCUT2D eigenvalue weighted by molar-refractivity contribution is 7.99. The van der Waals surface area contributed by atoms with E-state index in [1.54, 1.807) is 11.8 Å². The molecule has 2 aromatic heterocycles. The molecule has 0 fully saturated rings. The average molecular weight is 495 g/mol. The van der Waals surface area contributed by atoms with Crippen LogP contribution in [-0.4, -0.2) is 21.0 Å². The molecule has 0 unspecified atom stereocenters. The molecule has 0 aliphatic rings. The summed E-state index contributed by atoms with van der Waals surface area (Å²) in [6.07, 6.45) is -3.90. The van der Waals surface area contributed by atoms with Crippen molar-refractivity contribution >= 4 is 50.6 Å². The average Bonchev–Trinajstić information content (AvgIpc) is 3.33. The number of alkyl halides is 3. The molecule has 4 nitrogen and oxygen atoms in total. The predicted molar refractivity (Wildman–Crippen MR) is 122 cm³/mol. The Labute approximate surface area is 194 Å². The lowest BCUT2D eigenvalue weighted by Crippen LogP contribution is -2.03. The number of benzene rings is 2. The molecule has 2 heterocycles. The number of rotatable bonds is 7. The number of halogens is 3. The summed E-state index contributed by atoms with van der Waals surface area (Å²) >= 11 is 4.63. The maximum atomic E-state index is 12.8. The first-order chi connectivity index (χ1) is 15.2. The summed E-state index contributed by atoms with van der Waals surface area (Å²) in [7, 11) is 0. The topological polar surface area (TPSA) is 63.1 Å². The van der Waals surface area contributed by atoms with E-state index in [4.69, 9.17) is 5.11 Å². The fourth-order valence-electron chi connectivity index (χ4n) is 3.03. The molecule has 0 atom stereocenters. The Balaban J connectivity index is 1.50. The van der Waals surface area contributed by atoms with Gasteiger partial charge in [-0.05, 0) is 31.2 Å². The first-order valence-electron chi connectivity index (χ1n) is 9.57. The van der Waals surface area contributed by atoms with Gasteiger partial charge in [-0.3, -0.25) is 4.79 Å². The summed E-state index contributed by atoms with van der Waals surface area (Å²) in [5.74, 6) is -0.172. The van der Waals surface area contributed by atoms with Crippen molar-refractivity contribution in [2.45, 2.75) is 36.6 Å². The van der Waals surface area contributed by atoms with E-state index >= 15 is 0 Å². The van der Waals surface area contributed by atoms with Gasteiger partial charge in [-0.25, -0.2) is 9.97 Å². The molecule has 0 aliphatic carbocycles. The summed E-state index contributed by atoms with van der Waals surface area (Å²) in [5, 5.41) is 10.4. The Morgan fingerprint density at radius 1 is 1.09 bits per heavy atom. The molecular weight excluding hydrogens is 477 g/mol. The summed E-state index contributed by atoms with van der Waals surface area (Å²) in [6.45, 7) is 1.90. The second kappa shape index (κ2) is 9.21. The highest BCUT2D eigenvalue weighted by atomic mass is 32.2. The zero-order chi connectivity index (χ0) is 22.9. The fourth-order valence-corrected chi connectivity index (χ4v) is 6.49. The van der Waals surface area contributed by atoms with Crippen LogP contribution in [0.2, 0.25) is 0 Å². The largest absolute Gasteiger partial charge is 0.481 e. The fraction of sp³-hybridized carbons (Fsp3) is 0.227. The number of carboxylic acid groups (broad SMARTS) is 1. The molecule has 4 rings (SSSR count). The lowest BCUT2D eigenvalue weighted by molar-refractivity contribution is -0.138. The second-order valence-electron chi connectivity index (χ2n) is 7.00. The number of carboxylic acids is 1. The smallest absolute Gasteiger partial charge is 0.416 e. The van der Waals surface area contributed by atoms with Gasteiger partial charge in [0.2, 0.25) is 0 Å². The number of fused-ring (bicyclic) bond motifs is 1. The maximum Gasteiger partial charge on any atom is 0.416 e. The van der Waals surface area contributed by atoms with Gasteiger partial charge >= 0.3 is 12.1 Å². The molecule has 0 amide bonds. The molecule has 0 saturated carbocycles. The molecule has 4 aromatic rings. The minimum absolute atomic E-state index is 0.0507. The number of carbonyl (C=O) groups is 1. The van der Waals surface area contributed by atoms with Crippen molar-refractivity contribution < 1.29 is 23.1 Å². The van der Waals surface area contributed by atoms with Gasteiger partial charge in [0.05, 0.1) is 32.9 Å². The SMILES string of the molecule is Cc1nc(-c2ccc(C(F)(F)F)cc2)sc1CSc1cccc2nc(CCC(=O)O)sc12. The highest BCUT2D eigenvalue weighted by Crippen LogP contribution is 2.38. The van der Waals surface area contributed by atoms with Crippen molar-refractivity contribution in [2.75, 3.05) is 0 Å².